The van der Waals surface area contributed by atoms with Gasteiger partial charge in [0.15, 0.2) is 0 Å². The lowest BCUT2D eigenvalue weighted by atomic mass is 10.0. The van der Waals surface area contributed by atoms with Crippen LogP contribution in [0.3, 0.4) is 0 Å². The van der Waals surface area contributed by atoms with Crippen molar-refractivity contribution in [3.05, 3.63) is 29.8 Å². The predicted octanol–water partition coefficient (Wildman–Crippen LogP) is 0.712. The van der Waals surface area contributed by atoms with E-state index in [2.05, 4.69) is 26.0 Å². The second-order valence-corrected chi connectivity index (χ2v) is 5.37. The molecule has 0 saturated heterocycles. The van der Waals surface area contributed by atoms with Crippen LogP contribution in [0.4, 0.5) is 0 Å². The number of rotatable bonds is 10. The van der Waals surface area contributed by atoms with Crippen molar-refractivity contribution in [1.82, 2.24) is 0 Å². The van der Waals surface area contributed by atoms with Gasteiger partial charge in [0, 0.05) is 0 Å². The SMILES string of the molecule is CC(C)c1ccc(OCCOCC[NH+](C)CCO)cc1. The first-order chi connectivity index (χ1) is 9.63. The van der Waals surface area contributed by atoms with Gasteiger partial charge in [0.25, 0.3) is 0 Å². The Morgan fingerprint density at radius 1 is 1.05 bits per heavy atom. The Balaban J connectivity index is 2.09. The fourth-order valence-corrected chi connectivity index (χ4v) is 1.83. The van der Waals surface area contributed by atoms with E-state index in [1.54, 1.807) is 0 Å². The van der Waals surface area contributed by atoms with Gasteiger partial charge >= 0.3 is 0 Å². The number of quaternary nitrogens is 1. The van der Waals surface area contributed by atoms with Crippen LogP contribution in [0, 0.1) is 0 Å². The number of nitrogens with one attached hydrogen (secondary N) is 1. The Bertz CT molecular complexity index is 351. The lowest BCUT2D eigenvalue weighted by Gasteiger charge is -2.13. The smallest absolute Gasteiger partial charge is 0.119 e. The van der Waals surface area contributed by atoms with Gasteiger partial charge in [-0.25, -0.2) is 0 Å². The lowest BCUT2D eigenvalue weighted by Crippen LogP contribution is -3.10. The summed E-state index contributed by atoms with van der Waals surface area (Å²) in [5, 5.41) is 8.78. The summed E-state index contributed by atoms with van der Waals surface area (Å²) in [5.41, 5.74) is 1.32. The molecule has 114 valence electrons. The summed E-state index contributed by atoms with van der Waals surface area (Å²) in [6.45, 7) is 8.12. The zero-order valence-electron chi connectivity index (χ0n) is 12.9. The van der Waals surface area contributed by atoms with Crippen LogP contribution in [-0.4, -0.2) is 51.7 Å². The first kappa shape index (κ1) is 17.0. The summed E-state index contributed by atoms with van der Waals surface area (Å²) in [4.78, 5) is 1.28. The first-order valence-electron chi connectivity index (χ1n) is 7.36. The standard InChI is InChI=1S/C16H27NO3/c1-14(2)15-4-6-16(7-5-15)20-13-12-19-11-9-17(3)8-10-18/h4-7,14,18H,8-13H2,1-3H3/p+1. The van der Waals surface area contributed by atoms with Crippen LogP contribution in [0.1, 0.15) is 25.3 Å². The topological polar surface area (TPSA) is 43.1 Å². The van der Waals surface area contributed by atoms with Gasteiger partial charge in [-0.05, 0) is 23.6 Å². The van der Waals surface area contributed by atoms with Crippen molar-refractivity contribution in [3.63, 3.8) is 0 Å². The van der Waals surface area contributed by atoms with Gasteiger partial charge in [0.1, 0.15) is 25.4 Å². The molecule has 0 radical (unpaired) electrons. The molecule has 1 aromatic rings. The summed E-state index contributed by atoms with van der Waals surface area (Å²) >= 11 is 0. The summed E-state index contributed by atoms with van der Waals surface area (Å²) in [6, 6.07) is 8.23. The van der Waals surface area contributed by atoms with Crippen LogP contribution in [0.15, 0.2) is 24.3 Å². The molecule has 1 rings (SSSR count). The zero-order valence-corrected chi connectivity index (χ0v) is 12.9. The Morgan fingerprint density at radius 2 is 1.75 bits per heavy atom. The Kier molecular flexibility index (Phi) is 8.26. The molecule has 0 fully saturated rings. The number of likely N-dealkylation sites (N-methyl/N-ethyl adjacent to an activating group) is 1. The fraction of sp³-hybridized carbons (Fsp3) is 0.625. The highest BCUT2D eigenvalue weighted by Gasteiger charge is 2.01. The molecule has 20 heavy (non-hydrogen) atoms. The molecule has 0 aliphatic heterocycles. The van der Waals surface area contributed by atoms with Crippen LogP contribution in [0.25, 0.3) is 0 Å². The molecule has 0 heterocycles. The molecule has 0 spiro atoms. The number of aliphatic hydroxyl groups excluding tert-OH is 1. The van der Waals surface area contributed by atoms with E-state index in [0.717, 1.165) is 18.8 Å². The second kappa shape index (κ2) is 9.75. The summed E-state index contributed by atoms with van der Waals surface area (Å²) in [7, 11) is 2.05. The fourth-order valence-electron chi connectivity index (χ4n) is 1.83. The molecule has 1 atom stereocenters. The maximum absolute atomic E-state index is 8.78. The van der Waals surface area contributed by atoms with Gasteiger partial charge in [-0.1, -0.05) is 26.0 Å². The van der Waals surface area contributed by atoms with Crippen molar-refractivity contribution in [1.29, 1.82) is 0 Å². The summed E-state index contributed by atoms with van der Waals surface area (Å²) < 4.78 is 11.1. The van der Waals surface area contributed by atoms with Gasteiger partial charge in [-0.2, -0.15) is 0 Å². The van der Waals surface area contributed by atoms with Crippen molar-refractivity contribution in [2.45, 2.75) is 19.8 Å². The lowest BCUT2D eigenvalue weighted by molar-refractivity contribution is -0.880. The molecular weight excluding hydrogens is 254 g/mol. The van der Waals surface area contributed by atoms with Gasteiger partial charge in [0.05, 0.1) is 26.9 Å². The van der Waals surface area contributed by atoms with E-state index in [-0.39, 0.29) is 6.61 Å². The van der Waals surface area contributed by atoms with Crippen LogP contribution in [0.5, 0.6) is 5.75 Å². The number of aliphatic hydroxyl groups is 1. The monoisotopic (exact) mass is 282 g/mol. The highest BCUT2D eigenvalue weighted by atomic mass is 16.5. The number of hydrogen-bond acceptors (Lipinski definition) is 3. The number of ether oxygens (including phenoxy) is 2. The summed E-state index contributed by atoms with van der Waals surface area (Å²) in [5.74, 6) is 1.44. The van der Waals surface area contributed by atoms with Crippen LogP contribution >= 0.6 is 0 Å². The normalized spacial score (nSPS) is 12.7. The Morgan fingerprint density at radius 3 is 2.35 bits per heavy atom. The van der Waals surface area contributed by atoms with Crippen molar-refractivity contribution in [2.75, 3.05) is 46.6 Å². The van der Waals surface area contributed by atoms with E-state index in [4.69, 9.17) is 14.6 Å². The van der Waals surface area contributed by atoms with E-state index < -0.39 is 0 Å². The highest BCUT2D eigenvalue weighted by molar-refractivity contribution is 5.28. The van der Waals surface area contributed by atoms with E-state index >= 15 is 0 Å². The van der Waals surface area contributed by atoms with E-state index in [1.807, 2.05) is 19.2 Å². The minimum Gasteiger partial charge on any atom is -0.491 e. The molecule has 0 aliphatic carbocycles. The van der Waals surface area contributed by atoms with Gasteiger partial charge in [-0.15, -0.1) is 0 Å². The third-order valence-electron chi connectivity index (χ3n) is 3.25. The largest absolute Gasteiger partial charge is 0.491 e. The summed E-state index contributed by atoms with van der Waals surface area (Å²) in [6.07, 6.45) is 0. The van der Waals surface area contributed by atoms with Crippen molar-refractivity contribution in [2.24, 2.45) is 0 Å². The maximum Gasteiger partial charge on any atom is 0.119 e. The van der Waals surface area contributed by atoms with Crippen LogP contribution in [-0.2, 0) is 4.74 Å². The molecule has 0 amide bonds. The minimum absolute atomic E-state index is 0.224. The number of benzene rings is 1. The third kappa shape index (κ3) is 6.89. The highest BCUT2D eigenvalue weighted by Crippen LogP contribution is 2.18. The number of hydrogen-bond donors (Lipinski definition) is 2. The second-order valence-electron chi connectivity index (χ2n) is 5.37. The van der Waals surface area contributed by atoms with E-state index in [1.165, 1.54) is 10.5 Å². The minimum atomic E-state index is 0.224. The molecule has 0 bridgehead atoms. The van der Waals surface area contributed by atoms with Gasteiger partial charge < -0.3 is 19.5 Å². The molecule has 1 aromatic carbocycles. The van der Waals surface area contributed by atoms with Gasteiger partial charge in [-0.3, -0.25) is 0 Å². The molecular formula is C16H28NO3+. The molecule has 0 saturated carbocycles. The Labute approximate surface area is 122 Å². The molecule has 4 heteroatoms. The quantitative estimate of drug-likeness (QED) is 0.621. The van der Waals surface area contributed by atoms with Crippen LogP contribution in [0.2, 0.25) is 0 Å². The average molecular weight is 282 g/mol. The molecule has 2 N–H and O–H groups in total. The maximum atomic E-state index is 8.78. The van der Waals surface area contributed by atoms with Crippen molar-refractivity contribution < 1.29 is 19.5 Å². The van der Waals surface area contributed by atoms with Crippen molar-refractivity contribution in [3.8, 4) is 5.75 Å². The Hall–Kier alpha value is -1.10. The van der Waals surface area contributed by atoms with Crippen molar-refractivity contribution >= 4 is 0 Å². The van der Waals surface area contributed by atoms with Crippen LogP contribution < -0.4 is 9.64 Å². The third-order valence-corrected chi connectivity index (χ3v) is 3.25. The van der Waals surface area contributed by atoms with E-state index in [9.17, 15) is 0 Å². The predicted molar refractivity (Wildman–Crippen MR) is 80.6 cm³/mol. The molecule has 0 aromatic heterocycles. The first-order valence-corrected chi connectivity index (χ1v) is 7.36. The van der Waals surface area contributed by atoms with Gasteiger partial charge in [0.2, 0.25) is 0 Å². The average Bonchev–Trinajstić information content (AvgIpc) is 2.43. The molecule has 1 unspecified atom stereocenters. The zero-order chi connectivity index (χ0) is 14.8. The van der Waals surface area contributed by atoms with E-state index in [0.29, 0.717) is 25.7 Å². The molecule has 4 nitrogen and oxygen atoms in total. The molecule has 0 aliphatic rings.